The van der Waals surface area contributed by atoms with Crippen LogP contribution in [0.2, 0.25) is 13.1 Å². The summed E-state index contributed by atoms with van der Waals surface area (Å²) >= 11 is 0. The van der Waals surface area contributed by atoms with Crippen molar-refractivity contribution in [2.75, 3.05) is 0 Å². The first-order valence-electron chi connectivity index (χ1n) is 17.0. The Bertz CT molecular complexity index is 2380. The van der Waals surface area contributed by atoms with Gasteiger partial charge in [-0.15, -0.1) is 33.2 Å². The fraction of sp³-hybridized carbons (Fsp3) is 0.293. The fourth-order valence-electron chi connectivity index (χ4n) is 8.90. The molecule has 1 aliphatic carbocycles. The summed E-state index contributed by atoms with van der Waals surface area (Å²) in [7, 11) is -2.91. The van der Waals surface area contributed by atoms with Crippen LogP contribution in [0.15, 0.2) is 60.2 Å². The van der Waals surface area contributed by atoms with Crippen LogP contribution in [-0.4, -0.2) is 8.07 Å². The topological polar surface area (TPSA) is 0 Å². The third-order valence-corrected chi connectivity index (χ3v) is 14.7. The molecular weight excluding hydrogens is 911 g/mol. The quantitative estimate of drug-likeness (QED) is 0.104. The Morgan fingerprint density at radius 3 is 1.53 bits per heavy atom. The van der Waals surface area contributed by atoms with E-state index in [9.17, 15) is 52.7 Å². The largest absolute Gasteiger partial charge is 3.00 e. The zero-order valence-corrected chi connectivity index (χ0v) is 35.8. The van der Waals surface area contributed by atoms with Crippen LogP contribution in [0.4, 0.5) is 52.7 Å². The summed E-state index contributed by atoms with van der Waals surface area (Å²) in [5.41, 5.74) is -1.15. The fourth-order valence-corrected chi connectivity index (χ4v) is 13.0. The van der Waals surface area contributed by atoms with Gasteiger partial charge in [-0.25, -0.2) is 0 Å². The van der Waals surface area contributed by atoms with E-state index in [2.05, 4.69) is 0 Å². The summed E-state index contributed by atoms with van der Waals surface area (Å²) in [5.74, 6) is -0.634. The molecule has 1 radical (unpaired) electrons. The molecule has 5 aromatic rings. The molecule has 0 saturated carbocycles. The molecule has 1 atom stereocenters. The molecule has 1 aliphatic heterocycles. The van der Waals surface area contributed by atoms with E-state index in [1.54, 1.807) is 19.1 Å². The van der Waals surface area contributed by atoms with Crippen molar-refractivity contribution in [2.45, 2.75) is 77.8 Å². The standard InChI is InChI=1S/C41H31F12Si.2ClH.Zr/c1-7-21-15-30-28(22-11-24(38(42,43)44)16-25(12-22)39(45,46)47)9-8-18(2)31(30)33(21)32-20(4)29-10-19(3)36-35(29)34(37(32)54(36,5)6)23-13-26(40(48,49)50)17-27(14-23)41(51,52)53;;;/h8-17,33H,7H2,1-6H3;2*1H;/q-1;;;+3/p-2. The van der Waals surface area contributed by atoms with Gasteiger partial charge in [0, 0.05) is 5.92 Å². The molecule has 0 aromatic heterocycles. The number of hydrogen-bond donors (Lipinski definition) is 0. The van der Waals surface area contributed by atoms with Crippen molar-refractivity contribution in [3.8, 4) is 22.3 Å². The molecule has 0 fully saturated rings. The number of aryl methyl sites for hydroxylation is 3. The Morgan fingerprint density at radius 1 is 0.632 bits per heavy atom. The molecule has 0 spiro atoms. The van der Waals surface area contributed by atoms with Crippen molar-refractivity contribution in [1.82, 2.24) is 0 Å². The molecule has 2 aliphatic rings. The predicted octanol–water partition coefficient (Wildman–Crippen LogP) is 6.97. The second-order valence-corrected chi connectivity index (χ2v) is 19.0. The Balaban J connectivity index is 0.00000240. The summed E-state index contributed by atoms with van der Waals surface area (Å²) < 4.78 is 169. The third kappa shape index (κ3) is 7.48. The van der Waals surface area contributed by atoms with Gasteiger partial charge in [0.2, 0.25) is 0 Å². The predicted molar refractivity (Wildman–Crippen MR) is 188 cm³/mol. The van der Waals surface area contributed by atoms with Crippen LogP contribution < -0.4 is 35.2 Å². The van der Waals surface area contributed by atoms with Crippen LogP contribution in [0.1, 0.15) is 74.9 Å². The van der Waals surface area contributed by atoms with Gasteiger partial charge in [0.05, 0.1) is 30.3 Å². The first-order valence-corrected chi connectivity index (χ1v) is 20.0. The van der Waals surface area contributed by atoms with Gasteiger partial charge in [-0.2, -0.15) is 52.7 Å². The number of benzene rings is 4. The Labute approximate surface area is 353 Å². The molecule has 1 heterocycles. The van der Waals surface area contributed by atoms with E-state index >= 15 is 0 Å². The number of halogens is 14. The van der Waals surface area contributed by atoms with E-state index in [0.717, 1.165) is 34.0 Å². The van der Waals surface area contributed by atoms with E-state index in [1.807, 2.05) is 39.9 Å². The molecule has 0 N–H and O–H groups in total. The number of hydrogen-bond acceptors (Lipinski definition) is 0. The molecule has 7 rings (SSSR count). The van der Waals surface area contributed by atoms with E-state index in [-0.39, 0.29) is 79.8 Å². The molecular formula is C41H31Cl2F12SiZr. The molecule has 301 valence electrons. The number of allylic oxidation sites excluding steroid dienone is 1. The summed E-state index contributed by atoms with van der Waals surface area (Å²) in [6.45, 7) is 11.3. The van der Waals surface area contributed by atoms with Crippen molar-refractivity contribution in [1.29, 1.82) is 0 Å². The van der Waals surface area contributed by atoms with Gasteiger partial charge in [-0.3, -0.25) is 0 Å². The van der Waals surface area contributed by atoms with Crippen LogP contribution in [0.3, 0.4) is 0 Å². The molecule has 57 heavy (non-hydrogen) atoms. The maximum Gasteiger partial charge on any atom is 3.00 e. The number of alkyl halides is 12. The van der Waals surface area contributed by atoms with Crippen LogP contribution >= 0.6 is 0 Å². The van der Waals surface area contributed by atoms with E-state index in [4.69, 9.17) is 0 Å². The molecule has 0 saturated heterocycles. The maximum absolute atomic E-state index is 14.2. The smallest absolute Gasteiger partial charge is 1.00 e. The third-order valence-electron chi connectivity index (χ3n) is 11.1. The maximum atomic E-state index is 14.2. The number of fused-ring (bicyclic) bond motifs is 2. The Kier molecular flexibility index (Phi) is 12.3. The van der Waals surface area contributed by atoms with Crippen molar-refractivity contribution >= 4 is 35.3 Å². The van der Waals surface area contributed by atoms with E-state index in [0.29, 0.717) is 62.3 Å². The minimum atomic E-state index is -5.08. The van der Waals surface area contributed by atoms with Crippen LogP contribution in [0.5, 0.6) is 0 Å². The summed E-state index contributed by atoms with van der Waals surface area (Å²) in [6, 6.07) is 8.02. The average molecular weight is 942 g/mol. The minimum absolute atomic E-state index is 0. The van der Waals surface area contributed by atoms with E-state index in [1.165, 1.54) is 6.07 Å². The summed E-state index contributed by atoms with van der Waals surface area (Å²) in [6.07, 6.45) is -18.2. The normalized spacial score (nSPS) is 16.0. The van der Waals surface area contributed by atoms with Crippen LogP contribution in [-0.2, 0) is 50.9 Å². The minimum Gasteiger partial charge on any atom is -1.00 e. The van der Waals surface area contributed by atoms with Crippen LogP contribution in [0.25, 0.3) is 39.1 Å². The molecule has 0 nitrogen and oxygen atoms in total. The van der Waals surface area contributed by atoms with Crippen LogP contribution in [0, 0.1) is 20.8 Å². The Hall–Kier alpha value is -2.93. The first kappa shape index (κ1) is 46.8. The van der Waals surface area contributed by atoms with E-state index < -0.39 is 61.0 Å². The van der Waals surface area contributed by atoms with Crippen molar-refractivity contribution in [2.24, 2.45) is 0 Å². The Morgan fingerprint density at radius 2 is 1.09 bits per heavy atom. The van der Waals surface area contributed by atoms with Gasteiger partial charge in [0.1, 0.15) is 0 Å². The molecule has 2 bridgehead atoms. The van der Waals surface area contributed by atoms with Crippen molar-refractivity contribution < 1.29 is 104 Å². The number of rotatable bonds is 4. The van der Waals surface area contributed by atoms with Gasteiger partial charge in [0.15, 0.2) is 0 Å². The SMILES string of the molecule is CCC1=Cc2c(-c3cc(C(F)(F)F)cc(C(F)(F)F)c3)ccc(C)c2C1c1c2c(-c3cc(C(F)(F)F)cc(C(F)(F)F)c3)c3c(c(C)[cH-]c3c1C)[Si]2(C)C.[Cl-].[Cl-].[Zr+3]. The van der Waals surface area contributed by atoms with Crippen molar-refractivity contribution in [3.63, 3.8) is 0 Å². The monoisotopic (exact) mass is 939 g/mol. The first-order chi connectivity index (χ1) is 24.8. The summed E-state index contributed by atoms with van der Waals surface area (Å²) in [4.78, 5) is 0. The second kappa shape index (κ2) is 15.0. The van der Waals surface area contributed by atoms with Gasteiger partial charge < -0.3 is 24.8 Å². The average Bonchev–Trinajstić information content (AvgIpc) is 3.67. The molecule has 0 amide bonds. The van der Waals surface area contributed by atoms with Gasteiger partial charge >= 0.3 is 50.9 Å². The molecule has 1 unspecified atom stereocenters. The van der Waals surface area contributed by atoms with Gasteiger partial charge in [-0.1, -0.05) is 74.0 Å². The zero-order chi connectivity index (χ0) is 39.8. The van der Waals surface area contributed by atoms with Crippen molar-refractivity contribution in [3.05, 3.63) is 116 Å². The summed E-state index contributed by atoms with van der Waals surface area (Å²) in [5, 5.41) is 2.85. The second-order valence-electron chi connectivity index (χ2n) is 14.8. The molecule has 5 aromatic carbocycles. The molecule has 16 heteroatoms. The van der Waals surface area contributed by atoms with Gasteiger partial charge in [0.25, 0.3) is 0 Å². The zero-order valence-electron chi connectivity index (χ0n) is 30.8. The van der Waals surface area contributed by atoms with Gasteiger partial charge in [-0.05, 0) is 83.1 Å².